The standard InChI is InChI=1S/C22H31N3O3/c26-20(14-17-8-4-5-9-17)23-15-21(27)24-19-12-6-7-13-25(22(19)28)16-18-10-2-1-3-11-18/h1-3,10-11,17,19H,4-9,12-16H2,(H,23,26)(H,24,27). The molecule has 1 saturated carbocycles. The number of benzene rings is 1. The first-order valence-electron chi connectivity index (χ1n) is 10.5. The summed E-state index contributed by atoms with van der Waals surface area (Å²) in [6, 6.07) is 9.39. The average Bonchev–Trinajstić information content (AvgIpc) is 3.15. The summed E-state index contributed by atoms with van der Waals surface area (Å²) in [5, 5.41) is 5.53. The van der Waals surface area contributed by atoms with E-state index in [2.05, 4.69) is 10.6 Å². The van der Waals surface area contributed by atoms with Crippen LogP contribution >= 0.6 is 0 Å². The van der Waals surface area contributed by atoms with Crippen molar-refractivity contribution in [3.05, 3.63) is 35.9 Å². The molecule has 0 aromatic heterocycles. The van der Waals surface area contributed by atoms with Gasteiger partial charge in [0.2, 0.25) is 17.7 Å². The van der Waals surface area contributed by atoms with Gasteiger partial charge in [-0.15, -0.1) is 0 Å². The van der Waals surface area contributed by atoms with Crippen LogP contribution in [0.5, 0.6) is 0 Å². The predicted molar refractivity (Wildman–Crippen MR) is 107 cm³/mol. The van der Waals surface area contributed by atoms with E-state index in [1.807, 2.05) is 35.2 Å². The van der Waals surface area contributed by atoms with E-state index < -0.39 is 6.04 Å². The van der Waals surface area contributed by atoms with Gasteiger partial charge in [-0.05, 0) is 43.6 Å². The highest BCUT2D eigenvalue weighted by atomic mass is 16.2. The molecule has 3 rings (SSSR count). The van der Waals surface area contributed by atoms with Crippen molar-refractivity contribution in [2.75, 3.05) is 13.1 Å². The van der Waals surface area contributed by atoms with Crippen molar-refractivity contribution in [1.82, 2.24) is 15.5 Å². The number of likely N-dealkylation sites (tertiary alicyclic amines) is 1. The fourth-order valence-electron chi connectivity index (χ4n) is 4.17. The van der Waals surface area contributed by atoms with Crippen molar-refractivity contribution >= 4 is 17.7 Å². The summed E-state index contributed by atoms with van der Waals surface area (Å²) >= 11 is 0. The minimum atomic E-state index is -0.509. The van der Waals surface area contributed by atoms with Crippen molar-refractivity contribution in [2.24, 2.45) is 5.92 Å². The molecule has 0 spiro atoms. The summed E-state index contributed by atoms with van der Waals surface area (Å²) in [5.41, 5.74) is 1.09. The molecule has 0 bridgehead atoms. The summed E-state index contributed by atoms with van der Waals surface area (Å²) < 4.78 is 0. The topological polar surface area (TPSA) is 78.5 Å². The van der Waals surface area contributed by atoms with Crippen LogP contribution in [0, 0.1) is 5.92 Å². The van der Waals surface area contributed by atoms with Crippen molar-refractivity contribution in [3.8, 4) is 0 Å². The van der Waals surface area contributed by atoms with Crippen molar-refractivity contribution in [3.63, 3.8) is 0 Å². The lowest BCUT2D eigenvalue weighted by molar-refractivity contribution is -0.136. The highest BCUT2D eigenvalue weighted by Gasteiger charge is 2.28. The van der Waals surface area contributed by atoms with Gasteiger partial charge in [-0.1, -0.05) is 43.2 Å². The summed E-state index contributed by atoms with van der Waals surface area (Å²) in [6.07, 6.45) is 7.58. The summed E-state index contributed by atoms with van der Waals surface area (Å²) in [7, 11) is 0. The number of hydrogen-bond donors (Lipinski definition) is 2. The van der Waals surface area contributed by atoms with E-state index in [1.165, 1.54) is 12.8 Å². The maximum absolute atomic E-state index is 12.9. The molecule has 1 atom stereocenters. The van der Waals surface area contributed by atoms with Gasteiger partial charge >= 0.3 is 0 Å². The minimum absolute atomic E-state index is 0.0352. The Morgan fingerprint density at radius 2 is 1.68 bits per heavy atom. The molecule has 2 fully saturated rings. The third-order valence-electron chi connectivity index (χ3n) is 5.73. The van der Waals surface area contributed by atoms with Crippen LogP contribution in [0.3, 0.4) is 0 Å². The van der Waals surface area contributed by atoms with Gasteiger partial charge in [-0.2, -0.15) is 0 Å². The molecule has 1 saturated heterocycles. The number of carbonyl (C=O) groups excluding carboxylic acids is 3. The zero-order valence-corrected chi connectivity index (χ0v) is 16.5. The van der Waals surface area contributed by atoms with E-state index in [0.29, 0.717) is 31.8 Å². The van der Waals surface area contributed by atoms with Gasteiger partial charge in [-0.3, -0.25) is 14.4 Å². The molecular formula is C22H31N3O3. The smallest absolute Gasteiger partial charge is 0.245 e. The molecule has 152 valence electrons. The minimum Gasteiger partial charge on any atom is -0.347 e. The zero-order chi connectivity index (χ0) is 19.8. The van der Waals surface area contributed by atoms with Crippen LogP contribution in [0.2, 0.25) is 0 Å². The van der Waals surface area contributed by atoms with E-state index >= 15 is 0 Å². The third-order valence-corrected chi connectivity index (χ3v) is 5.73. The fraction of sp³-hybridized carbons (Fsp3) is 0.591. The van der Waals surface area contributed by atoms with Crippen LogP contribution in [0.15, 0.2) is 30.3 Å². The Balaban J connectivity index is 1.46. The second-order valence-electron chi connectivity index (χ2n) is 7.99. The molecule has 1 unspecified atom stereocenters. The number of rotatable bonds is 7. The van der Waals surface area contributed by atoms with E-state index in [0.717, 1.165) is 31.2 Å². The van der Waals surface area contributed by atoms with Crippen LogP contribution < -0.4 is 10.6 Å². The second-order valence-corrected chi connectivity index (χ2v) is 7.99. The zero-order valence-electron chi connectivity index (χ0n) is 16.5. The Kier molecular flexibility index (Phi) is 7.46. The predicted octanol–water partition coefficient (Wildman–Crippen LogP) is 2.38. The molecule has 3 amide bonds. The van der Waals surface area contributed by atoms with Crippen molar-refractivity contribution < 1.29 is 14.4 Å². The fourth-order valence-corrected chi connectivity index (χ4v) is 4.17. The Bertz CT molecular complexity index is 671. The van der Waals surface area contributed by atoms with E-state index in [-0.39, 0.29) is 24.3 Å². The summed E-state index contributed by atoms with van der Waals surface area (Å²) in [5.74, 6) is 0.0599. The number of nitrogens with one attached hydrogen (secondary N) is 2. The molecule has 0 radical (unpaired) electrons. The largest absolute Gasteiger partial charge is 0.347 e. The molecule has 1 aromatic carbocycles. The summed E-state index contributed by atoms with van der Waals surface area (Å²) in [4.78, 5) is 39.0. The molecule has 6 heteroatoms. The maximum Gasteiger partial charge on any atom is 0.245 e. The lowest BCUT2D eigenvalue weighted by Crippen LogP contribution is -2.49. The van der Waals surface area contributed by atoms with E-state index in [1.54, 1.807) is 0 Å². The Labute approximate surface area is 167 Å². The Morgan fingerprint density at radius 1 is 0.964 bits per heavy atom. The first-order valence-corrected chi connectivity index (χ1v) is 10.5. The Hall–Kier alpha value is -2.37. The van der Waals surface area contributed by atoms with Gasteiger partial charge in [0, 0.05) is 19.5 Å². The van der Waals surface area contributed by atoms with Gasteiger partial charge in [0.05, 0.1) is 6.54 Å². The number of hydrogen-bond acceptors (Lipinski definition) is 3. The number of nitrogens with zero attached hydrogens (tertiary/aromatic N) is 1. The number of carbonyl (C=O) groups is 3. The highest BCUT2D eigenvalue weighted by Crippen LogP contribution is 2.27. The molecule has 1 aliphatic heterocycles. The molecule has 6 nitrogen and oxygen atoms in total. The maximum atomic E-state index is 12.9. The normalized spacial score (nSPS) is 20.6. The van der Waals surface area contributed by atoms with E-state index in [9.17, 15) is 14.4 Å². The van der Waals surface area contributed by atoms with E-state index in [4.69, 9.17) is 0 Å². The van der Waals surface area contributed by atoms with Crippen LogP contribution in [0.25, 0.3) is 0 Å². The highest BCUT2D eigenvalue weighted by molar-refractivity contribution is 5.90. The van der Waals surface area contributed by atoms with Gasteiger partial charge in [0.15, 0.2) is 0 Å². The van der Waals surface area contributed by atoms with Crippen LogP contribution in [-0.2, 0) is 20.9 Å². The van der Waals surface area contributed by atoms with Crippen LogP contribution in [0.4, 0.5) is 0 Å². The quantitative estimate of drug-likeness (QED) is 0.756. The second kappa shape index (κ2) is 10.2. The first kappa shape index (κ1) is 20.4. The third kappa shape index (κ3) is 6.08. The summed E-state index contributed by atoms with van der Waals surface area (Å²) in [6.45, 7) is 1.20. The monoisotopic (exact) mass is 385 g/mol. The van der Waals surface area contributed by atoms with Gasteiger partial charge < -0.3 is 15.5 Å². The average molecular weight is 386 g/mol. The van der Waals surface area contributed by atoms with Gasteiger partial charge in [0.1, 0.15) is 6.04 Å². The molecule has 1 aliphatic carbocycles. The Morgan fingerprint density at radius 3 is 2.43 bits per heavy atom. The molecule has 2 aliphatic rings. The van der Waals surface area contributed by atoms with Gasteiger partial charge in [-0.25, -0.2) is 0 Å². The molecule has 1 aromatic rings. The molecule has 2 N–H and O–H groups in total. The lowest BCUT2D eigenvalue weighted by Gasteiger charge is -2.25. The molecular weight excluding hydrogens is 354 g/mol. The number of amides is 3. The SMILES string of the molecule is O=C(CC1CCCC1)NCC(=O)NC1CCCCN(Cc2ccccc2)C1=O. The van der Waals surface area contributed by atoms with Crippen LogP contribution in [-0.4, -0.2) is 41.8 Å². The van der Waals surface area contributed by atoms with Gasteiger partial charge in [0.25, 0.3) is 0 Å². The molecule has 28 heavy (non-hydrogen) atoms. The van der Waals surface area contributed by atoms with Crippen molar-refractivity contribution in [2.45, 2.75) is 64.0 Å². The lowest BCUT2D eigenvalue weighted by atomic mass is 10.0. The first-order chi connectivity index (χ1) is 13.6. The molecule has 1 heterocycles. The van der Waals surface area contributed by atoms with Crippen molar-refractivity contribution in [1.29, 1.82) is 0 Å². The van der Waals surface area contributed by atoms with Crippen LogP contribution in [0.1, 0.15) is 56.9 Å².